The molecule has 50 valence electrons. The molecule has 0 amide bonds. The second-order valence-corrected chi connectivity index (χ2v) is 3.24. The molecule has 0 saturated carbocycles. The van der Waals surface area contributed by atoms with Gasteiger partial charge < -0.3 is 0 Å². The van der Waals surface area contributed by atoms with Crippen LogP contribution >= 0.6 is 11.8 Å². The van der Waals surface area contributed by atoms with Crippen molar-refractivity contribution in [3.8, 4) is 0 Å². The zero-order chi connectivity index (χ0) is 6.81. The Hall–Kier alpha value is -0.430. The van der Waals surface area contributed by atoms with Crippen LogP contribution in [0.5, 0.6) is 0 Å². The Labute approximate surface area is 65.6 Å². The molecule has 1 aliphatic rings. The van der Waals surface area contributed by atoms with Gasteiger partial charge in [-0.1, -0.05) is 24.3 Å². The smallest absolute Gasteiger partial charge is 0.0531 e. The summed E-state index contributed by atoms with van der Waals surface area (Å²) >= 11 is 1.79. The third-order valence-corrected chi connectivity index (χ3v) is 2.51. The van der Waals surface area contributed by atoms with Gasteiger partial charge in [0.05, 0.1) is 5.75 Å². The molecule has 2 radical (unpaired) electrons. The van der Waals surface area contributed by atoms with Crippen molar-refractivity contribution in [2.75, 3.05) is 0 Å². The van der Waals surface area contributed by atoms with E-state index in [4.69, 9.17) is 0 Å². The van der Waals surface area contributed by atoms with E-state index in [0.29, 0.717) is 0 Å². The average Bonchev–Trinajstić information content (AvgIpc) is 2.05. The summed E-state index contributed by atoms with van der Waals surface area (Å²) in [5, 5.41) is 0. The van der Waals surface area contributed by atoms with Crippen molar-refractivity contribution in [2.45, 2.75) is 12.2 Å². The van der Waals surface area contributed by atoms with Gasteiger partial charge >= 0.3 is 0 Å². The van der Waals surface area contributed by atoms with Crippen LogP contribution in [0.1, 0.15) is 11.1 Å². The number of hydrogen-bond acceptors (Lipinski definition) is 1. The lowest BCUT2D eigenvalue weighted by atomic mass is 10.1. The number of fused-ring (bicyclic) bond motifs is 1. The van der Waals surface area contributed by atoms with Gasteiger partial charge in [0, 0.05) is 5.75 Å². The molecule has 0 aliphatic carbocycles. The third kappa shape index (κ3) is 1.06. The fourth-order valence-electron chi connectivity index (χ4n) is 1.13. The van der Waals surface area contributed by atoms with Gasteiger partial charge in [-0.2, -0.15) is 0 Å². The highest BCUT2D eigenvalue weighted by molar-refractivity contribution is 8.00. The van der Waals surface area contributed by atoms with Gasteiger partial charge in [-0.25, -0.2) is 0 Å². The van der Waals surface area contributed by atoms with E-state index in [2.05, 4.69) is 30.0 Å². The van der Waals surface area contributed by atoms with Crippen molar-refractivity contribution in [1.29, 1.82) is 0 Å². The Balaban J connectivity index is 2.41. The summed E-state index contributed by atoms with van der Waals surface area (Å²) in [7, 11) is 0. The normalized spacial score (nSPS) is 16.4. The van der Waals surface area contributed by atoms with Gasteiger partial charge in [-0.3, -0.25) is 0 Å². The van der Waals surface area contributed by atoms with Crippen LogP contribution in [0.3, 0.4) is 0 Å². The summed E-state index contributed by atoms with van der Waals surface area (Å²) in [5.41, 5.74) is 2.92. The maximum Gasteiger partial charge on any atom is 0.0531 e. The predicted molar refractivity (Wildman–Crippen MR) is 44.7 cm³/mol. The van der Waals surface area contributed by atoms with Gasteiger partial charge in [-0.05, 0) is 17.5 Å². The summed E-state index contributed by atoms with van der Waals surface area (Å²) in [5.74, 6) is 4.36. The van der Waals surface area contributed by atoms with Crippen LogP contribution < -0.4 is 0 Å². The molecule has 1 heteroatoms. The lowest BCUT2D eigenvalue weighted by molar-refractivity contribution is 1.15. The molecule has 0 atom stereocenters. The lowest BCUT2D eigenvalue weighted by Gasteiger charge is -2.12. The summed E-state index contributed by atoms with van der Waals surface area (Å²) in [6.45, 7) is 0. The van der Waals surface area contributed by atoms with Crippen molar-refractivity contribution in [3.05, 3.63) is 41.1 Å². The van der Waals surface area contributed by atoms with E-state index in [1.807, 2.05) is 0 Å². The van der Waals surface area contributed by atoms with Crippen LogP contribution in [-0.2, 0) is 12.2 Å². The maximum absolute atomic E-state index is 3.26. The topological polar surface area (TPSA) is 0 Å². The summed E-state index contributed by atoms with van der Waals surface area (Å²) in [6, 6.07) is 8.58. The standard InChI is InChI=1S/C9H8S/c1-2-4-9-7-10-6-5-8(9)3-1/h1-4H,5,7H2. The van der Waals surface area contributed by atoms with Gasteiger partial charge in [0.2, 0.25) is 0 Å². The highest BCUT2D eigenvalue weighted by Crippen LogP contribution is 2.26. The van der Waals surface area contributed by atoms with Crippen molar-refractivity contribution in [3.63, 3.8) is 0 Å². The van der Waals surface area contributed by atoms with E-state index < -0.39 is 0 Å². The van der Waals surface area contributed by atoms with E-state index in [0.717, 1.165) is 12.2 Å². The number of benzene rings is 1. The highest BCUT2D eigenvalue weighted by atomic mass is 32.2. The lowest BCUT2D eigenvalue weighted by Crippen LogP contribution is -1.96. The second kappa shape index (κ2) is 2.67. The third-order valence-electron chi connectivity index (χ3n) is 1.71. The van der Waals surface area contributed by atoms with Gasteiger partial charge in [0.25, 0.3) is 0 Å². The Bertz CT molecular complexity index is 205. The highest BCUT2D eigenvalue weighted by Gasteiger charge is 2.07. The number of thioether (sulfide) groups is 1. The fraction of sp³-hybridized carbons (Fsp3) is 0.222. The predicted octanol–water partition coefficient (Wildman–Crippen LogP) is 2.51. The minimum Gasteiger partial charge on any atom is -0.147 e. The first kappa shape index (κ1) is 6.29. The molecule has 2 rings (SSSR count). The minimum absolute atomic E-state index is 1.01. The quantitative estimate of drug-likeness (QED) is 0.544. The van der Waals surface area contributed by atoms with E-state index in [1.54, 1.807) is 11.8 Å². The van der Waals surface area contributed by atoms with Crippen molar-refractivity contribution in [2.24, 2.45) is 0 Å². The molecule has 10 heavy (non-hydrogen) atoms. The first-order valence-electron chi connectivity index (χ1n) is 3.38. The molecule has 1 aromatic carbocycles. The minimum atomic E-state index is 1.01. The molecule has 0 fully saturated rings. The van der Waals surface area contributed by atoms with Gasteiger partial charge in [0.15, 0.2) is 0 Å². The molecule has 1 aromatic rings. The van der Waals surface area contributed by atoms with Crippen molar-refractivity contribution >= 4 is 11.8 Å². The van der Waals surface area contributed by atoms with Crippen LogP contribution in [0.15, 0.2) is 24.3 Å². The van der Waals surface area contributed by atoms with Crippen LogP contribution in [0.2, 0.25) is 0 Å². The fourth-order valence-corrected chi connectivity index (χ4v) is 1.93. The molecule has 1 aliphatic heterocycles. The van der Waals surface area contributed by atoms with E-state index in [9.17, 15) is 0 Å². The molecule has 0 unspecified atom stereocenters. The monoisotopic (exact) mass is 148 g/mol. The Morgan fingerprint density at radius 3 is 2.80 bits per heavy atom. The van der Waals surface area contributed by atoms with Crippen LogP contribution in [0.4, 0.5) is 0 Å². The summed E-state index contributed by atoms with van der Waals surface area (Å²) in [6.07, 6.45) is 1.01. The van der Waals surface area contributed by atoms with Crippen molar-refractivity contribution in [1.82, 2.24) is 0 Å². The molecule has 0 nitrogen and oxygen atoms in total. The number of rotatable bonds is 0. The Morgan fingerprint density at radius 1 is 1.20 bits per heavy atom. The zero-order valence-electron chi connectivity index (χ0n) is 5.63. The van der Waals surface area contributed by atoms with Crippen LogP contribution in [-0.4, -0.2) is 0 Å². The van der Waals surface area contributed by atoms with E-state index in [-0.39, 0.29) is 0 Å². The van der Waals surface area contributed by atoms with E-state index in [1.165, 1.54) is 11.1 Å². The van der Waals surface area contributed by atoms with Crippen LogP contribution in [0.25, 0.3) is 0 Å². The molecule has 0 aromatic heterocycles. The Morgan fingerprint density at radius 2 is 2.00 bits per heavy atom. The summed E-state index contributed by atoms with van der Waals surface area (Å²) < 4.78 is 0. The van der Waals surface area contributed by atoms with Crippen LogP contribution in [0, 0.1) is 5.75 Å². The van der Waals surface area contributed by atoms with Gasteiger partial charge in [-0.15, -0.1) is 11.8 Å². The SMILES string of the molecule is [C]1Cc2ccccc2CS1. The maximum atomic E-state index is 3.26. The number of hydrogen-bond donors (Lipinski definition) is 0. The first-order chi connectivity index (χ1) is 4.97. The van der Waals surface area contributed by atoms with Crippen molar-refractivity contribution < 1.29 is 0 Å². The largest absolute Gasteiger partial charge is 0.147 e. The molecule has 0 saturated heterocycles. The zero-order valence-corrected chi connectivity index (χ0v) is 6.45. The second-order valence-electron chi connectivity index (χ2n) is 2.38. The molecule has 0 spiro atoms. The average molecular weight is 148 g/mol. The Kier molecular flexibility index (Phi) is 1.68. The van der Waals surface area contributed by atoms with E-state index >= 15 is 0 Å². The molecule has 1 heterocycles. The molecule has 0 bridgehead atoms. The molecular weight excluding hydrogens is 140 g/mol. The summed E-state index contributed by atoms with van der Waals surface area (Å²) in [4.78, 5) is 0. The first-order valence-corrected chi connectivity index (χ1v) is 4.37. The van der Waals surface area contributed by atoms with Gasteiger partial charge in [0.1, 0.15) is 0 Å². The molecular formula is C9H8S. The molecule has 0 N–H and O–H groups in total.